The highest BCUT2D eigenvalue weighted by molar-refractivity contribution is 9.13. The first-order valence-electron chi connectivity index (χ1n) is 5.88. The summed E-state index contributed by atoms with van der Waals surface area (Å²) >= 11 is 6.44. The minimum absolute atomic E-state index is 0.00564. The molecule has 21 heavy (non-hydrogen) atoms. The number of anilines is 1. The van der Waals surface area contributed by atoms with Crippen LogP contribution in [-0.2, 0) is 11.3 Å². The predicted octanol–water partition coefficient (Wildman–Crippen LogP) is 3.63. The van der Waals surface area contributed by atoms with Crippen LogP contribution in [0.3, 0.4) is 0 Å². The second kappa shape index (κ2) is 5.19. The van der Waals surface area contributed by atoms with Gasteiger partial charge in [-0.3, -0.25) is 4.79 Å². The summed E-state index contributed by atoms with van der Waals surface area (Å²) in [5.41, 5.74) is 5.86. The Kier molecular flexibility index (Phi) is 3.62. The van der Waals surface area contributed by atoms with E-state index in [-0.39, 0.29) is 17.8 Å². The highest BCUT2D eigenvalue weighted by Gasteiger charge is 2.38. The van der Waals surface area contributed by atoms with Crippen molar-refractivity contribution in [1.29, 1.82) is 0 Å². The van der Waals surface area contributed by atoms with Crippen LogP contribution < -0.4 is 10.6 Å². The molecule has 1 aromatic carbocycles. The number of hydrogen-bond acceptors (Lipinski definition) is 3. The van der Waals surface area contributed by atoms with Gasteiger partial charge >= 0.3 is 0 Å². The molecule has 3 rings (SSSR count). The number of nitrogens with two attached hydrogens (primary N) is 1. The summed E-state index contributed by atoms with van der Waals surface area (Å²) in [7, 11) is 0. The van der Waals surface area contributed by atoms with Gasteiger partial charge in [-0.15, -0.1) is 0 Å². The molecule has 4 nitrogen and oxygen atoms in total. The number of carbonyl (C=O) groups is 1. The topological polar surface area (TPSA) is 59.5 Å². The lowest BCUT2D eigenvalue weighted by atomic mass is 10.1. The molecule has 0 radical (unpaired) electrons. The molecule has 0 spiro atoms. The van der Waals surface area contributed by atoms with E-state index in [9.17, 15) is 13.6 Å². The Balaban J connectivity index is 2.03. The van der Waals surface area contributed by atoms with Gasteiger partial charge in [0.2, 0.25) is 5.91 Å². The summed E-state index contributed by atoms with van der Waals surface area (Å²) in [5, 5.41) is 0. The van der Waals surface area contributed by atoms with Crippen LogP contribution in [0.25, 0.3) is 0 Å². The van der Waals surface area contributed by atoms with Crippen molar-refractivity contribution in [3.63, 3.8) is 0 Å². The molecular weight excluding hydrogens is 414 g/mol. The summed E-state index contributed by atoms with van der Waals surface area (Å²) in [4.78, 5) is 13.4. The van der Waals surface area contributed by atoms with Crippen LogP contribution in [0.2, 0.25) is 0 Å². The fourth-order valence-electron chi connectivity index (χ4n) is 2.30. The third-order valence-electron chi connectivity index (χ3n) is 3.22. The SMILES string of the molecule is NC1C(=O)N(Cc2cc(Br)c(Br)o2)c2cc(F)cc(F)c21. The van der Waals surface area contributed by atoms with Crippen molar-refractivity contribution in [3.8, 4) is 0 Å². The predicted molar refractivity (Wildman–Crippen MR) is 78.6 cm³/mol. The molecular formula is C13H8Br2F2N2O2. The zero-order valence-corrected chi connectivity index (χ0v) is 13.5. The van der Waals surface area contributed by atoms with Crippen LogP contribution in [0.5, 0.6) is 0 Å². The summed E-state index contributed by atoms with van der Waals surface area (Å²) in [5.74, 6) is -1.64. The van der Waals surface area contributed by atoms with Gasteiger partial charge < -0.3 is 15.1 Å². The molecule has 1 atom stereocenters. The van der Waals surface area contributed by atoms with Crippen LogP contribution in [0.15, 0.2) is 31.8 Å². The van der Waals surface area contributed by atoms with Gasteiger partial charge in [0, 0.05) is 11.6 Å². The van der Waals surface area contributed by atoms with Crippen LogP contribution in [0, 0.1) is 11.6 Å². The molecule has 1 aliphatic heterocycles. The monoisotopic (exact) mass is 420 g/mol. The molecule has 2 heterocycles. The van der Waals surface area contributed by atoms with Crippen LogP contribution in [0.1, 0.15) is 17.4 Å². The van der Waals surface area contributed by atoms with Crippen LogP contribution in [-0.4, -0.2) is 5.91 Å². The van der Waals surface area contributed by atoms with Crippen molar-refractivity contribution in [1.82, 2.24) is 0 Å². The summed E-state index contributed by atoms with van der Waals surface area (Å²) in [6.07, 6.45) is 0. The van der Waals surface area contributed by atoms with Crippen molar-refractivity contribution in [2.45, 2.75) is 12.6 Å². The van der Waals surface area contributed by atoms with Gasteiger partial charge in [-0.1, -0.05) is 0 Å². The summed E-state index contributed by atoms with van der Waals surface area (Å²) in [6, 6.07) is 2.34. The third-order valence-corrected chi connectivity index (χ3v) is 4.93. The van der Waals surface area contributed by atoms with Crippen LogP contribution >= 0.6 is 31.9 Å². The smallest absolute Gasteiger partial charge is 0.249 e. The van der Waals surface area contributed by atoms with Gasteiger partial charge in [0.25, 0.3) is 0 Å². The quantitative estimate of drug-likeness (QED) is 0.805. The van der Waals surface area contributed by atoms with Gasteiger partial charge in [0.05, 0.1) is 16.7 Å². The molecule has 0 saturated heterocycles. The Hall–Kier alpha value is -1.25. The van der Waals surface area contributed by atoms with Crippen molar-refractivity contribution < 1.29 is 18.0 Å². The zero-order chi connectivity index (χ0) is 15.3. The second-order valence-corrected chi connectivity index (χ2v) is 6.13. The molecule has 2 N–H and O–H groups in total. The van der Waals surface area contributed by atoms with Gasteiger partial charge in [0.1, 0.15) is 23.4 Å². The van der Waals surface area contributed by atoms with E-state index in [0.29, 0.717) is 14.9 Å². The average Bonchev–Trinajstić information content (AvgIpc) is 2.83. The number of nitrogens with zero attached hydrogens (tertiary/aromatic N) is 1. The number of halogens is 4. The highest BCUT2D eigenvalue weighted by Crippen LogP contribution is 2.38. The fraction of sp³-hybridized carbons (Fsp3) is 0.154. The maximum atomic E-state index is 13.8. The third kappa shape index (κ3) is 2.41. The van der Waals surface area contributed by atoms with E-state index in [0.717, 1.165) is 12.1 Å². The minimum atomic E-state index is -1.14. The van der Waals surface area contributed by atoms with E-state index in [4.69, 9.17) is 10.2 Å². The van der Waals surface area contributed by atoms with E-state index in [1.165, 1.54) is 4.90 Å². The number of fused-ring (bicyclic) bond motifs is 1. The van der Waals surface area contributed by atoms with E-state index in [1.807, 2.05) is 0 Å². The van der Waals surface area contributed by atoms with E-state index in [2.05, 4.69) is 31.9 Å². The number of hydrogen-bond donors (Lipinski definition) is 1. The normalized spacial score (nSPS) is 17.5. The number of rotatable bonds is 2. The lowest BCUT2D eigenvalue weighted by Crippen LogP contribution is -2.31. The Bertz CT molecular complexity index is 729. The van der Waals surface area contributed by atoms with Gasteiger partial charge in [0.15, 0.2) is 4.67 Å². The van der Waals surface area contributed by atoms with Crippen molar-refractivity contribution in [2.75, 3.05) is 4.90 Å². The number of carbonyl (C=O) groups excluding carboxylic acids is 1. The van der Waals surface area contributed by atoms with Crippen LogP contribution in [0.4, 0.5) is 14.5 Å². The first kappa shape index (κ1) is 14.7. The number of amides is 1. The molecule has 0 fully saturated rings. The Morgan fingerprint density at radius 1 is 1.29 bits per heavy atom. The summed E-state index contributed by atoms with van der Waals surface area (Å²) in [6.45, 7) is 0.0344. The Labute approximate surface area is 135 Å². The Morgan fingerprint density at radius 2 is 2.00 bits per heavy atom. The van der Waals surface area contributed by atoms with Gasteiger partial charge in [-0.05, 0) is 44.0 Å². The van der Waals surface area contributed by atoms with Crippen molar-refractivity contribution in [2.24, 2.45) is 5.73 Å². The first-order chi connectivity index (χ1) is 9.88. The largest absolute Gasteiger partial charge is 0.451 e. The standard InChI is InChI=1S/C13H8Br2F2N2O2/c14-7-3-6(21-12(7)15)4-19-9-2-5(16)1-8(17)10(9)11(18)13(19)20/h1-3,11H,4,18H2. The highest BCUT2D eigenvalue weighted by atomic mass is 79.9. The van der Waals surface area contributed by atoms with E-state index in [1.54, 1.807) is 6.07 Å². The van der Waals surface area contributed by atoms with E-state index < -0.39 is 23.6 Å². The maximum Gasteiger partial charge on any atom is 0.249 e. The molecule has 1 aromatic heterocycles. The molecule has 110 valence electrons. The molecule has 0 bridgehead atoms. The maximum absolute atomic E-state index is 13.8. The Morgan fingerprint density at radius 3 is 2.62 bits per heavy atom. The zero-order valence-electron chi connectivity index (χ0n) is 10.4. The molecule has 0 saturated carbocycles. The fourth-order valence-corrected chi connectivity index (χ4v) is 2.96. The van der Waals surface area contributed by atoms with Crippen molar-refractivity contribution in [3.05, 3.63) is 50.3 Å². The molecule has 8 heteroatoms. The molecule has 1 unspecified atom stereocenters. The molecule has 2 aromatic rings. The minimum Gasteiger partial charge on any atom is -0.451 e. The second-order valence-electron chi connectivity index (χ2n) is 4.56. The molecule has 1 aliphatic rings. The molecule has 0 aliphatic carbocycles. The first-order valence-corrected chi connectivity index (χ1v) is 7.46. The lowest BCUT2D eigenvalue weighted by Gasteiger charge is -2.16. The summed E-state index contributed by atoms with van der Waals surface area (Å²) < 4.78 is 33.8. The van der Waals surface area contributed by atoms with E-state index >= 15 is 0 Å². The number of furan rings is 1. The average molecular weight is 422 g/mol. The molecule has 1 amide bonds. The number of benzene rings is 1. The van der Waals surface area contributed by atoms with Gasteiger partial charge in [-0.25, -0.2) is 8.78 Å². The lowest BCUT2D eigenvalue weighted by molar-refractivity contribution is -0.119. The van der Waals surface area contributed by atoms with Gasteiger partial charge in [-0.2, -0.15) is 0 Å². The van der Waals surface area contributed by atoms with Crippen molar-refractivity contribution >= 4 is 43.5 Å².